The third-order valence-corrected chi connectivity index (χ3v) is 3.75. The van der Waals surface area contributed by atoms with Crippen LogP contribution >= 0.6 is 23.4 Å². The first-order valence-corrected chi connectivity index (χ1v) is 8.15. The lowest BCUT2D eigenvalue weighted by Crippen LogP contribution is -2.28. The van der Waals surface area contributed by atoms with Gasteiger partial charge in [-0.15, -0.1) is 0 Å². The van der Waals surface area contributed by atoms with E-state index in [-0.39, 0.29) is 11.7 Å². The first kappa shape index (κ1) is 18.0. The Hall–Kier alpha value is -1.05. The lowest BCUT2D eigenvalue weighted by atomic mass is 10.4. The molecule has 0 unspecified atom stereocenters. The molecule has 6 nitrogen and oxygen atoms in total. The van der Waals surface area contributed by atoms with E-state index in [0.717, 1.165) is 18.9 Å². The molecule has 1 N–H and O–H groups in total. The van der Waals surface area contributed by atoms with Gasteiger partial charge in [0.15, 0.2) is 5.16 Å². The zero-order valence-corrected chi connectivity index (χ0v) is 14.1. The van der Waals surface area contributed by atoms with E-state index in [2.05, 4.69) is 34.0 Å². The number of hydrogen-bond acceptors (Lipinski definition) is 6. The van der Waals surface area contributed by atoms with Gasteiger partial charge in [0.2, 0.25) is 5.91 Å². The first-order chi connectivity index (χ1) is 10.1. The Bertz CT molecular complexity index is 458. The molecular weight excluding hydrogens is 312 g/mol. The highest BCUT2D eigenvalue weighted by atomic mass is 35.5. The van der Waals surface area contributed by atoms with Crippen molar-refractivity contribution in [3.63, 3.8) is 0 Å². The highest BCUT2D eigenvalue weighted by molar-refractivity contribution is 7.99. The Morgan fingerprint density at radius 3 is 2.76 bits per heavy atom. The van der Waals surface area contributed by atoms with Crippen LogP contribution in [0.15, 0.2) is 11.2 Å². The third kappa shape index (κ3) is 6.50. The number of methoxy groups -OCH3 is 1. The molecule has 1 heterocycles. The number of amides is 1. The van der Waals surface area contributed by atoms with Gasteiger partial charge in [-0.2, -0.15) is 0 Å². The summed E-state index contributed by atoms with van der Waals surface area (Å²) in [5, 5.41) is 3.63. The highest BCUT2D eigenvalue weighted by Gasteiger charge is 2.10. The van der Waals surface area contributed by atoms with Crippen molar-refractivity contribution in [3.05, 3.63) is 11.2 Å². The van der Waals surface area contributed by atoms with Crippen LogP contribution in [0.4, 0.5) is 5.82 Å². The molecule has 0 fully saturated rings. The summed E-state index contributed by atoms with van der Waals surface area (Å²) in [4.78, 5) is 22.3. The van der Waals surface area contributed by atoms with Crippen molar-refractivity contribution in [2.45, 2.75) is 19.0 Å². The Morgan fingerprint density at radius 1 is 1.43 bits per heavy atom. The largest absolute Gasteiger partial charge is 0.383 e. The monoisotopic (exact) mass is 332 g/mol. The number of hydrogen-bond donors (Lipinski definition) is 1. The van der Waals surface area contributed by atoms with Crippen LogP contribution in [0.25, 0.3) is 0 Å². The van der Waals surface area contributed by atoms with E-state index in [4.69, 9.17) is 16.3 Å². The fourth-order valence-electron chi connectivity index (χ4n) is 1.63. The highest BCUT2D eigenvalue weighted by Crippen LogP contribution is 2.21. The molecule has 1 rings (SSSR count). The molecular formula is C13H21ClN4O2S. The van der Waals surface area contributed by atoms with Crippen molar-refractivity contribution in [1.82, 2.24) is 15.3 Å². The van der Waals surface area contributed by atoms with Crippen LogP contribution in [0.1, 0.15) is 13.8 Å². The molecule has 21 heavy (non-hydrogen) atoms. The molecule has 0 spiro atoms. The second-order valence-corrected chi connectivity index (χ2v) is 5.46. The summed E-state index contributed by atoms with van der Waals surface area (Å²) in [5.41, 5.74) is 0. The van der Waals surface area contributed by atoms with Gasteiger partial charge in [-0.3, -0.25) is 4.79 Å². The third-order valence-electron chi connectivity index (χ3n) is 2.71. The molecule has 0 bridgehead atoms. The van der Waals surface area contributed by atoms with Crippen molar-refractivity contribution in [3.8, 4) is 0 Å². The average molecular weight is 333 g/mol. The lowest BCUT2D eigenvalue weighted by molar-refractivity contribution is -0.118. The van der Waals surface area contributed by atoms with Gasteiger partial charge in [-0.05, 0) is 13.8 Å². The van der Waals surface area contributed by atoms with Crippen molar-refractivity contribution in [2.75, 3.05) is 44.0 Å². The van der Waals surface area contributed by atoms with Crippen LogP contribution in [-0.2, 0) is 9.53 Å². The molecule has 0 saturated carbocycles. The Morgan fingerprint density at radius 2 is 2.14 bits per heavy atom. The molecule has 1 aromatic rings. The summed E-state index contributed by atoms with van der Waals surface area (Å²) in [5.74, 6) is 0.953. The van der Waals surface area contributed by atoms with E-state index in [1.165, 1.54) is 11.8 Å². The van der Waals surface area contributed by atoms with Gasteiger partial charge in [0.25, 0.3) is 0 Å². The number of carbonyl (C=O) groups excluding carboxylic acids is 1. The maximum Gasteiger partial charge on any atom is 0.230 e. The zero-order chi connectivity index (χ0) is 15.7. The summed E-state index contributed by atoms with van der Waals surface area (Å²) in [6.07, 6.45) is 0. The second-order valence-electron chi connectivity index (χ2n) is 4.14. The van der Waals surface area contributed by atoms with Gasteiger partial charge < -0.3 is 15.0 Å². The molecule has 1 aromatic heterocycles. The number of rotatable bonds is 9. The van der Waals surface area contributed by atoms with Crippen LogP contribution < -0.4 is 10.2 Å². The van der Waals surface area contributed by atoms with Gasteiger partial charge in [-0.1, -0.05) is 23.4 Å². The van der Waals surface area contributed by atoms with E-state index in [1.54, 1.807) is 13.2 Å². The molecule has 0 aliphatic carbocycles. The minimum atomic E-state index is -0.0787. The Kier molecular flexibility index (Phi) is 8.41. The Balaban J connectivity index is 2.60. The van der Waals surface area contributed by atoms with Gasteiger partial charge in [-0.25, -0.2) is 9.97 Å². The summed E-state index contributed by atoms with van der Waals surface area (Å²) >= 11 is 7.28. The zero-order valence-electron chi connectivity index (χ0n) is 12.6. The number of halogens is 1. The molecule has 8 heteroatoms. The number of anilines is 1. The summed E-state index contributed by atoms with van der Waals surface area (Å²) in [7, 11) is 1.59. The van der Waals surface area contributed by atoms with Crippen molar-refractivity contribution in [1.29, 1.82) is 0 Å². The van der Waals surface area contributed by atoms with Crippen LogP contribution in [-0.4, -0.2) is 55.0 Å². The number of nitrogens with zero attached hydrogens (tertiary/aromatic N) is 3. The van der Waals surface area contributed by atoms with Crippen LogP contribution in [0.3, 0.4) is 0 Å². The second kappa shape index (κ2) is 9.81. The lowest BCUT2D eigenvalue weighted by Gasteiger charge is -2.20. The molecule has 118 valence electrons. The Labute approximate surface area is 134 Å². The minimum absolute atomic E-state index is 0.0787. The van der Waals surface area contributed by atoms with Gasteiger partial charge in [0.05, 0.1) is 12.4 Å². The summed E-state index contributed by atoms with van der Waals surface area (Å²) in [6.45, 7) is 6.77. The van der Waals surface area contributed by atoms with E-state index in [9.17, 15) is 4.79 Å². The van der Waals surface area contributed by atoms with E-state index in [0.29, 0.717) is 23.5 Å². The number of ether oxygens (including phenoxy) is 1. The van der Waals surface area contributed by atoms with Crippen LogP contribution in [0.5, 0.6) is 0 Å². The molecule has 0 aliphatic heterocycles. The maximum atomic E-state index is 11.6. The minimum Gasteiger partial charge on any atom is -0.383 e. The van der Waals surface area contributed by atoms with E-state index < -0.39 is 0 Å². The van der Waals surface area contributed by atoms with Crippen molar-refractivity contribution < 1.29 is 9.53 Å². The predicted octanol–water partition coefficient (Wildman–Crippen LogP) is 1.83. The van der Waals surface area contributed by atoms with Crippen molar-refractivity contribution >= 4 is 35.1 Å². The van der Waals surface area contributed by atoms with E-state index in [1.807, 2.05) is 0 Å². The molecule has 0 atom stereocenters. The standard InChI is InChI=1S/C13H21ClN4O2S/c1-4-18(5-2)11-8-10(14)16-13(17-11)21-9-12(19)15-6-7-20-3/h8H,4-7,9H2,1-3H3,(H,15,19). The summed E-state index contributed by atoms with van der Waals surface area (Å²) < 4.78 is 4.87. The number of aromatic nitrogens is 2. The van der Waals surface area contributed by atoms with Crippen molar-refractivity contribution in [2.24, 2.45) is 0 Å². The predicted molar refractivity (Wildman–Crippen MR) is 86.2 cm³/mol. The first-order valence-electron chi connectivity index (χ1n) is 6.78. The quantitative estimate of drug-likeness (QED) is 0.322. The van der Waals surface area contributed by atoms with Gasteiger partial charge in [0.1, 0.15) is 11.0 Å². The number of thioether (sulfide) groups is 1. The summed E-state index contributed by atoms with van der Waals surface area (Å²) in [6, 6.07) is 1.73. The van der Waals surface area contributed by atoms with Crippen LogP contribution in [0, 0.1) is 0 Å². The number of nitrogens with one attached hydrogen (secondary N) is 1. The van der Waals surface area contributed by atoms with Gasteiger partial charge in [0, 0.05) is 32.8 Å². The van der Waals surface area contributed by atoms with Crippen LogP contribution in [0.2, 0.25) is 5.15 Å². The molecule has 0 aliphatic rings. The van der Waals surface area contributed by atoms with E-state index >= 15 is 0 Å². The molecule has 0 saturated heterocycles. The average Bonchev–Trinajstić information content (AvgIpc) is 2.46. The SMILES string of the molecule is CCN(CC)c1cc(Cl)nc(SCC(=O)NCCOC)n1. The molecule has 0 radical (unpaired) electrons. The molecule has 0 aromatic carbocycles. The topological polar surface area (TPSA) is 67.4 Å². The maximum absolute atomic E-state index is 11.6. The normalized spacial score (nSPS) is 10.5. The fourth-order valence-corrected chi connectivity index (χ4v) is 2.54. The molecule has 1 amide bonds. The fraction of sp³-hybridized carbons (Fsp3) is 0.615. The number of carbonyl (C=O) groups is 1. The van der Waals surface area contributed by atoms with Gasteiger partial charge >= 0.3 is 0 Å². The smallest absolute Gasteiger partial charge is 0.230 e.